The number of hydrogen-bond donors (Lipinski definition) is 1. The molecule has 5 nitrogen and oxygen atoms in total. The summed E-state index contributed by atoms with van der Waals surface area (Å²) in [7, 11) is 0. The van der Waals surface area contributed by atoms with Gasteiger partial charge in [0.1, 0.15) is 6.61 Å². The van der Waals surface area contributed by atoms with E-state index in [0.717, 1.165) is 30.5 Å². The van der Waals surface area contributed by atoms with Crippen LogP contribution in [0.1, 0.15) is 18.4 Å². The van der Waals surface area contributed by atoms with Gasteiger partial charge in [-0.3, -0.25) is 9.69 Å². The summed E-state index contributed by atoms with van der Waals surface area (Å²) < 4.78 is 0. The number of rotatable bonds is 7. The maximum Gasteiger partial charge on any atom is 0.307 e. The molecule has 0 bridgehead atoms. The summed E-state index contributed by atoms with van der Waals surface area (Å²) in [5.74, 6) is -0.958. The fourth-order valence-corrected chi connectivity index (χ4v) is 3.21. The van der Waals surface area contributed by atoms with Gasteiger partial charge >= 0.3 is 5.97 Å². The van der Waals surface area contributed by atoms with E-state index in [-0.39, 0.29) is 5.92 Å². The number of piperidine rings is 1. The number of carboxylic acid groups (broad SMARTS) is 1. The number of likely N-dealkylation sites (tertiary alicyclic amines) is 1. The highest BCUT2D eigenvalue weighted by Gasteiger charge is 2.24. The molecule has 0 aromatic heterocycles. The van der Waals surface area contributed by atoms with Crippen LogP contribution in [0.3, 0.4) is 0 Å². The Bertz CT molecular complexity index is 746. The van der Waals surface area contributed by atoms with Crippen LogP contribution in [0.5, 0.6) is 0 Å². The first kappa shape index (κ1) is 18.1. The van der Waals surface area contributed by atoms with E-state index in [1.807, 2.05) is 30.3 Å². The highest BCUT2D eigenvalue weighted by Crippen LogP contribution is 2.19. The average molecular weight is 352 g/mol. The molecule has 5 heteroatoms. The van der Waals surface area contributed by atoms with Crippen molar-refractivity contribution in [2.24, 2.45) is 11.1 Å². The van der Waals surface area contributed by atoms with Gasteiger partial charge in [-0.05, 0) is 42.1 Å². The molecule has 1 atom stereocenters. The van der Waals surface area contributed by atoms with Gasteiger partial charge in [0.2, 0.25) is 0 Å². The van der Waals surface area contributed by atoms with Gasteiger partial charge in [0.15, 0.2) is 0 Å². The molecule has 1 heterocycles. The van der Waals surface area contributed by atoms with Crippen LogP contribution >= 0.6 is 0 Å². The van der Waals surface area contributed by atoms with Crippen molar-refractivity contribution in [1.82, 2.24) is 4.90 Å². The zero-order chi connectivity index (χ0) is 18.2. The number of aliphatic carboxylic acids is 1. The van der Waals surface area contributed by atoms with Crippen molar-refractivity contribution in [3.63, 3.8) is 0 Å². The van der Waals surface area contributed by atoms with Gasteiger partial charge in [-0.25, -0.2) is 0 Å². The van der Waals surface area contributed by atoms with Crippen LogP contribution in [-0.4, -0.2) is 48.4 Å². The van der Waals surface area contributed by atoms with Gasteiger partial charge in [0, 0.05) is 13.1 Å². The van der Waals surface area contributed by atoms with Gasteiger partial charge in [-0.15, -0.1) is 0 Å². The molecule has 0 aliphatic carbocycles. The van der Waals surface area contributed by atoms with Crippen LogP contribution in [0.2, 0.25) is 0 Å². The standard InChI is InChI=1S/C21H24N2O3/c24-21(25)20-10-5-11-23(16-20)12-13-26-22-15-17-6-4-9-19(14-17)18-7-2-1-3-8-18/h1-4,6-9,14-15,20H,5,10-13,16H2,(H,24,25)/b22-15+. The number of benzene rings is 2. The average Bonchev–Trinajstić information content (AvgIpc) is 2.69. The third-order valence-electron chi connectivity index (χ3n) is 4.62. The second-order valence-electron chi connectivity index (χ2n) is 6.54. The van der Waals surface area contributed by atoms with E-state index in [0.29, 0.717) is 19.7 Å². The summed E-state index contributed by atoms with van der Waals surface area (Å²) in [6.07, 6.45) is 3.40. The molecule has 0 saturated carbocycles. The van der Waals surface area contributed by atoms with Crippen LogP contribution in [-0.2, 0) is 9.63 Å². The topological polar surface area (TPSA) is 62.1 Å². The Hall–Kier alpha value is -2.66. The van der Waals surface area contributed by atoms with Crippen LogP contribution in [0.25, 0.3) is 11.1 Å². The first-order valence-electron chi connectivity index (χ1n) is 8.98. The van der Waals surface area contributed by atoms with Crippen molar-refractivity contribution < 1.29 is 14.7 Å². The predicted octanol–water partition coefficient (Wildman–Crippen LogP) is 3.50. The zero-order valence-electron chi connectivity index (χ0n) is 14.8. The Labute approximate surface area is 153 Å². The summed E-state index contributed by atoms with van der Waals surface area (Å²) >= 11 is 0. The van der Waals surface area contributed by atoms with Crippen molar-refractivity contribution in [1.29, 1.82) is 0 Å². The zero-order valence-corrected chi connectivity index (χ0v) is 14.8. The number of nitrogens with zero attached hydrogens (tertiary/aromatic N) is 2. The SMILES string of the molecule is O=C(O)C1CCCN(CCO/N=C/c2cccc(-c3ccccc3)c2)C1. The smallest absolute Gasteiger partial charge is 0.307 e. The van der Waals surface area contributed by atoms with Crippen molar-refractivity contribution in [2.75, 3.05) is 26.2 Å². The van der Waals surface area contributed by atoms with E-state index < -0.39 is 5.97 Å². The monoisotopic (exact) mass is 352 g/mol. The van der Waals surface area contributed by atoms with E-state index >= 15 is 0 Å². The molecule has 3 rings (SSSR count). The highest BCUT2D eigenvalue weighted by atomic mass is 16.6. The second-order valence-corrected chi connectivity index (χ2v) is 6.54. The molecule has 2 aromatic carbocycles. The van der Waals surface area contributed by atoms with Crippen molar-refractivity contribution >= 4 is 12.2 Å². The Kier molecular flexibility index (Phi) is 6.39. The van der Waals surface area contributed by atoms with Crippen LogP contribution < -0.4 is 0 Å². The molecule has 1 fully saturated rings. The van der Waals surface area contributed by atoms with Crippen molar-refractivity contribution in [2.45, 2.75) is 12.8 Å². The summed E-state index contributed by atoms with van der Waals surface area (Å²) in [5.41, 5.74) is 3.29. The molecule has 1 aliphatic rings. The maximum atomic E-state index is 11.1. The molecule has 136 valence electrons. The molecule has 26 heavy (non-hydrogen) atoms. The number of carboxylic acids is 1. The van der Waals surface area contributed by atoms with Crippen molar-refractivity contribution in [3.05, 3.63) is 60.2 Å². The van der Waals surface area contributed by atoms with Crippen LogP contribution in [0.4, 0.5) is 0 Å². The van der Waals surface area contributed by atoms with Gasteiger partial charge in [0.25, 0.3) is 0 Å². The van der Waals surface area contributed by atoms with Gasteiger partial charge < -0.3 is 9.94 Å². The molecular formula is C21H24N2O3. The molecule has 0 spiro atoms. The lowest BCUT2D eigenvalue weighted by molar-refractivity contribution is -0.143. The van der Waals surface area contributed by atoms with Crippen molar-refractivity contribution in [3.8, 4) is 11.1 Å². The Morgan fingerprint density at radius 3 is 2.81 bits per heavy atom. The van der Waals surface area contributed by atoms with Gasteiger partial charge in [-0.1, -0.05) is 53.7 Å². The molecule has 1 aliphatic heterocycles. The fraction of sp³-hybridized carbons (Fsp3) is 0.333. The molecule has 2 aromatic rings. The molecule has 1 unspecified atom stereocenters. The maximum absolute atomic E-state index is 11.1. The lowest BCUT2D eigenvalue weighted by Gasteiger charge is -2.29. The molecule has 0 radical (unpaired) electrons. The third-order valence-corrected chi connectivity index (χ3v) is 4.62. The molecule has 1 N–H and O–H groups in total. The van der Waals surface area contributed by atoms with E-state index in [2.05, 4.69) is 34.3 Å². The van der Waals surface area contributed by atoms with Crippen LogP contribution in [0, 0.1) is 5.92 Å². The normalized spacial score (nSPS) is 18.1. The van der Waals surface area contributed by atoms with Gasteiger partial charge in [-0.2, -0.15) is 0 Å². The number of carbonyl (C=O) groups is 1. The fourth-order valence-electron chi connectivity index (χ4n) is 3.21. The highest BCUT2D eigenvalue weighted by molar-refractivity contribution is 5.82. The lowest BCUT2D eigenvalue weighted by Crippen LogP contribution is -2.40. The van der Waals surface area contributed by atoms with E-state index in [4.69, 9.17) is 9.94 Å². The Morgan fingerprint density at radius 2 is 2.00 bits per heavy atom. The van der Waals surface area contributed by atoms with Crippen LogP contribution in [0.15, 0.2) is 59.8 Å². The van der Waals surface area contributed by atoms with E-state index in [9.17, 15) is 4.79 Å². The minimum atomic E-state index is -0.702. The Balaban J connectivity index is 1.46. The first-order chi connectivity index (χ1) is 12.7. The minimum Gasteiger partial charge on any atom is -0.481 e. The van der Waals surface area contributed by atoms with Gasteiger partial charge in [0.05, 0.1) is 12.1 Å². The largest absolute Gasteiger partial charge is 0.481 e. The summed E-state index contributed by atoms with van der Waals surface area (Å²) in [6, 6.07) is 18.3. The molecule has 1 saturated heterocycles. The molecular weight excluding hydrogens is 328 g/mol. The predicted molar refractivity (Wildman–Crippen MR) is 102 cm³/mol. The number of oxime groups is 1. The quantitative estimate of drug-likeness (QED) is 0.471. The van der Waals surface area contributed by atoms with E-state index in [1.165, 1.54) is 5.56 Å². The van der Waals surface area contributed by atoms with E-state index in [1.54, 1.807) is 6.21 Å². The first-order valence-corrected chi connectivity index (χ1v) is 8.98. The summed E-state index contributed by atoms with van der Waals surface area (Å²) in [5, 5.41) is 13.2. The minimum absolute atomic E-state index is 0.257. The summed E-state index contributed by atoms with van der Waals surface area (Å²) in [6.45, 7) is 2.68. The molecule has 0 amide bonds. The third kappa shape index (κ3) is 5.17. The summed E-state index contributed by atoms with van der Waals surface area (Å²) in [4.78, 5) is 18.6. The Morgan fingerprint density at radius 1 is 1.19 bits per heavy atom. The lowest BCUT2D eigenvalue weighted by atomic mass is 9.98. The number of hydrogen-bond acceptors (Lipinski definition) is 4. The second kappa shape index (κ2) is 9.15.